The van der Waals surface area contributed by atoms with Gasteiger partial charge in [0.15, 0.2) is 0 Å². The number of benzene rings is 2. The minimum Gasteiger partial charge on any atom is -0.359 e. The molecule has 0 unspecified atom stereocenters. The molecule has 136 valence electrons. The lowest BCUT2D eigenvalue weighted by molar-refractivity contribution is 1.04. The second-order valence-corrected chi connectivity index (χ2v) is 6.68. The van der Waals surface area contributed by atoms with Crippen LogP contribution in [0.25, 0.3) is 11.1 Å². The van der Waals surface area contributed by atoms with Gasteiger partial charge in [0.2, 0.25) is 0 Å². The van der Waals surface area contributed by atoms with Crippen LogP contribution in [-0.2, 0) is 0 Å². The van der Waals surface area contributed by atoms with Gasteiger partial charge in [-0.3, -0.25) is 0 Å². The third-order valence-corrected chi connectivity index (χ3v) is 4.52. The van der Waals surface area contributed by atoms with Gasteiger partial charge >= 0.3 is 0 Å². The molecule has 0 heterocycles. The van der Waals surface area contributed by atoms with Crippen molar-refractivity contribution >= 4 is 16.8 Å². The van der Waals surface area contributed by atoms with E-state index in [0.717, 1.165) is 24.2 Å². The van der Waals surface area contributed by atoms with E-state index in [2.05, 4.69) is 103 Å². The Morgan fingerprint density at radius 3 is 2.37 bits per heavy atom. The highest BCUT2D eigenvalue weighted by Gasteiger charge is 2.01. The fourth-order valence-electron chi connectivity index (χ4n) is 3.12. The van der Waals surface area contributed by atoms with Crippen LogP contribution in [0.1, 0.15) is 37.8 Å². The molecule has 0 radical (unpaired) electrons. The lowest BCUT2D eigenvalue weighted by Crippen LogP contribution is -1.95. The van der Waals surface area contributed by atoms with E-state index in [1.807, 2.05) is 13.0 Å². The zero-order valence-corrected chi connectivity index (χ0v) is 16.2. The van der Waals surface area contributed by atoms with Crippen molar-refractivity contribution in [3.8, 4) is 0 Å². The molecule has 2 aromatic carbocycles. The average molecular weight is 354 g/mol. The second kappa shape index (κ2) is 9.59. The van der Waals surface area contributed by atoms with Crippen molar-refractivity contribution in [3.05, 3.63) is 114 Å². The number of hydrogen-bond donors (Lipinski definition) is 1. The van der Waals surface area contributed by atoms with E-state index in [0.29, 0.717) is 0 Å². The van der Waals surface area contributed by atoms with E-state index in [9.17, 15) is 0 Å². The summed E-state index contributed by atoms with van der Waals surface area (Å²) in [6, 6.07) is 19.1. The molecule has 0 saturated carbocycles. The van der Waals surface area contributed by atoms with Gasteiger partial charge in [-0.1, -0.05) is 78.9 Å². The van der Waals surface area contributed by atoms with Gasteiger partial charge in [-0.05, 0) is 67.2 Å². The van der Waals surface area contributed by atoms with Crippen LogP contribution < -0.4 is 5.32 Å². The van der Waals surface area contributed by atoms with Crippen LogP contribution in [0.2, 0.25) is 0 Å². The molecule has 0 aliphatic heterocycles. The zero-order valence-electron chi connectivity index (χ0n) is 16.2. The van der Waals surface area contributed by atoms with Crippen molar-refractivity contribution in [1.29, 1.82) is 0 Å². The van der Waals surface area contributed by atoms with Gasteiger partial charge in [0.25, 0.3) is 0 Å². The molecular weight excluding hydrogens is 326 g/mol. The highest BCUT2D eigenvalue weighted by molar-refractivity contribution is 5.76. The van der Waals surface area contributed by atoms with Crippen LogP contribution in [0.4, 0.5) is 5.69 Å². The van der Waals surface area contributed by atoms with E-state index in [1.54, 1.807) is 0 Å². The van der Waals surface area contributed by atoms with E-state index >= 15 is 0 Å². The van der Waals surface area contributed by atoms with Crippen molar-refractivity contribution < 1.29 is 0 Å². The molecule has 0 fully saturated rings. The van der Waals surface area contributed by atoms with Crippen molar-refractivity contribution in [3.63, 3.8) is 0 Å². The van der Waals surface area contributed by atoms with Crippen LogP contribution >= 0.6 is 0 Å². The third kappa shape index (κ3) is 5.46. The van der Waals surface area contributed by atoms with Gasteiger partial charge < -0.3 is 5.32 Å². The van der Waals surface area contributed by atoms with Gasteiger partial charge in [0, 0.05) is 11.4 Å². The Kier molecular flexibility index (Phi) is 6.65. The first-order valence-corrected chi connectivity index (χ1v) is 9.57. The van der Waals surface area contributed by atoms with Crippen LogP contribution in [-0.4, -0.2) is 0 Å². The van der Waals surface area contributed by atoms with E-state index in [4.69, 9.17) is 0 Å². The SMILES string of the molecule is C\C=C/C(=C\C=C(/C)Nc1ccc(C2=CCCC=C2)cc1)c1ccccc1. The van der Waals surface area contributed by atoms with Crippen LogP contribution in [0.15, 0.2) is 103 Å². The quantitative estimate of drug-likeness (QED) is 0.534. The summed E-state index contributed by atoms with van der Waals surface area (Å²) in [5, 5.41) is 3.48. The molecule has 2 aromatic rings. The number of nitrogens with one attached hydrogen (secondary N) is 1. The highest BCUT2D eigenvalue weighted by Crippen LogP contribution is 2.23. The number of anilines is 1. The predicted octanol–water partition coefficient (Wildman–Crippen LogP) is 7.40. The molecule has 1 heteroatoms. The monoisotopic (exact) mass is 353 g/mol. The fourth-order valence-corrected chi connectivity index (χ4v) is 3.12. The molecule has 1 aliphatic rings. The smallest absolute Gasteiger partial charge is 0.0382 e. The van der Waals surface area contributed by atoms with Crippen molar-refractivity contribution in [1.82, 2.24) is 0 Å². The van der Waals surface area contributed by atoms with E-state index in [1.165, 1.54) is 22.3 Å². The second-order valence-electron chi connectivity index (χ2n) is 6.68. The number of hydrogen-bond acceptors (Lipinski definition) is 1. The van der Waals surface area contributed by atoms with Gasteiger partial charge in [0.05, 0.1) is 0 Å². The first-order valence-electron chi connectivity index (χ1n) is 9.57. The standard InChI is InChI=1S/C26H27N/c1-3-10-22(23-11-6-4-7-12-23)16-15-21(2)27-26-19-17-25(18-20-26)24-13-8-5-9-14-24/h3-4,6-8,10-20,27H,5,9H2,1-2H3/b10-3-,21-15+,22-16+. The molecule has 1 aliphatic carbocycles. The van der Waals surface area contributed by atoms with Gasteiger partial charge in [-0.25, -0.2) is 0 Å². The first-order chi connectivity index (χ1) is 13.3. The maximum atomic E-state index is 3.48. The van der Waals surface area contributed by atoms with Crippen LogP contribution in [0.5, 0.6) is 0 Å². The molecule has 0 saturated heterocycles. The van der Waals surface area contributed by atoms with Gasteiger partial charge in [0.1, 0.15) is 0 Å². The summed E-state index contributed by atoms with van der Waals surface area (Å²) in [5.74, 6) is 0. The Hall–Kier alpha value is -3.06. The summed E-state index contributed by atoms with van der Waals surface area (Å²) in [6.45, 7) is 4.14. The summed E-state index contributed by atoms with van der Waals surface area (Å²) in [4.78, 5) is 0. The number of rotatable bonds is 6. The normalized spacial score (nSPS) is 15.1. The van der Waals surface area contributed by atoms with Gasteiger partial charge in [-0.2, -0.15) is 0 Å². The van der Waals surface area contributed by atoms with Gasteiger partial charge in [-0.15, -0.1) is 0 Å². The average Bonchev–Trinajstić information content (AvgIpc) is 2.73. The topological polar surface area (TPSA) is 12.0 Å². The maximum Gasteiger partial charge on any atom is 0.0382 e. The maximum absolute atomic E-state index is 3.48. The van der Waals surface area contributed by atoms with Crippen molar-refractivity contribution in [2.24, 2.45) is 0 Å². The lowest BCUT2D eigenvalue weighted by Gasteiger charge is -2.10. The zero-order chi connectivity index (χ0) is 18.9. The molecular formula is C26H27N. The van der Waals surface area contributed by atoms with Crippen LogP contribution in [0, 0.1) is 0 Å². The summed E-state index contributed by atoms with van der Waals surface area (Å²) in [5.41, 5.74) is 7.23. The van der Waals surface area contributed by atoms with Crippen molar-refractivity contribution in [2.45, 2.75) is 26.7 Å². The van der Waals surface area contributed by atoms with E-state index < -0.39 is 0 Å². The largest absolute Gasteiger partial charge is 0.359 e. The molecule has 1 nitrogen and oxygen atoms in total. The summed E-state index contributed by atoms with van der Waals surface area (Å²) >= 11 is 0. The minimum atomic E-state index is 1.11. The first kappa shape index (κ1) is 18.7. The molecule has 0 aromatic heterocycles. The summed E-state index contributed by atoms with van der Waals surface area (Å²) in [6.07, 6.45) is 17.6. The highest BCUT2D eigenvalue weighted by atomic mass is 14.9. The number of allylic oxidation sites excluding steroid dienone is 10. The molecule has 0 bridgehead atoms. The Bertz CT molecular complexity index is 891. The van der Waals surface area contributed by atoms with E-state index in [-0.39, 0.29) is 0 Å². The van der Waals surface area contributed by atoms with Crippen LogP contribution in [0.3, 0.4) is 0 Å². The molecule has 0 atom stereocenters. The summed E-state index contributed by atoms with van der Waals surface area (Å²) in [7, 11) is 0. The molecule has 1 N–H and O–H groups in total. The molecule has 0 amide bonds. The summed E-state index contributed by atoms with van der Waals surface area (Å²) < 4.78 is 0. The Morgan fingerprint density at radius 1 is 0.926 bits per heavy atom. The van der Waals surface area contributed by atoms with Crippen molar-refractivity contribution in [2.75, 3.05) is 5.32 Å². The minimum absolute atomic E-state index is 1.11. The Balaban J connectivity index is 1.71. The molecule has 3 rings (SSSR count). The predicted molar refractivity (Wildman–Crippen MR) is 119 cm³/mol. The Morgan fingerprint density at radius 2 is 1.70 bits per heavy atom. The fraction of sp³-hybridized carbons (Fsp3) is 0.154. The lowest BCUT2D eigenvalue weighted by atomic mass is 9.99. The molecule has 27 heavy (non-hydrogen) atoms. The third-order valence-electron chi connectivity index (χ3n) is 4.52. The Labute approximate surface area is 163 Å². The molecule has 0 spiro atoms.